The Balaban J connectivity index is 1.22. The lowest BCUT2D eigenvalue weighted by atomic mass is 9.49. The molecule has 0 aliphatic heterocycles. The highest BCUT2D eigenvalue weighted by atomic mass is 32.2. The molecule has 9 heteroatoms. The molecule has 1 N–H and O–H groups in total. The molecule has 162 valence electrons. The first-order valence-electron chi connectivity index (χ1n) is 11.2. The summed E-state index contributed by atoms with van der Waals surface area (Å²) in [5.74, 6) is 4.17. The van der Waals surface area contributed by atoms with Crippen molar-refractivity contribution in [1.82, 2.24) is 25.0 Å². The van der Waals surface area contributed by atoms with Crippen molar-refractivity contribution in [3.05, 3.63) is 10.8 Å². The van der Waals surface area contributed by atoms with Crippen molar-refractivity contribution in [3.63, 3.8) is 0 Å². The second kappa shape index (κ2) is 8.22. The molecule has 4 aliphatic carbocycles. The molecule has 0 radical (unpaired) electrons. The van der Waals surface area contributed by atoms with E-state index >= 15 is 0 Å². The van der Waals surface area contributed by atoms with Gasteiger partial charge in [-0.3, -0.25) is 10.1 Å². The summed E-state index contributed by atoms with van der Waals surface area (Å²) in [6.07, 6.45) is 10.4. The second-order valence-corrected chi connectivity index (χ2v) is 11.4. The lowest BCUT2D eigenvalue weighted by Crippen LogP contribution is -2.47. The molecule has 0 saturated heterocycles. The molecular weight excluding hydrogens is 416 g/mol. The van der Waals surface area contributed by atoms with Crippen molar-refractivity contribution >= 4 is 34.1 Å². The summed E-state index contributed by atoms with van der Waals surface area (Å²) in [4.78, 5) is 12.3. The third kappa shape index (κ3) is 4.02. The summed E-state index contributed by atoms with van der Waals surface area (Å²) in [6.45, 7) is 5.01. The van der Waals surface area contributed by atoms with E-state index in [2.05, 4.69) is 37.2 Å². The summed E-state index contributed by atoms with van der Waals surface area (Å²) < 4.78 is 2.22. The molecule has 2 heterocycles. The third-order valence-corrected chi connectivity index (χ3v) is 9.11. The van der Waals surface area contributed by atoms with Gasteiger partial charge in [-0.1, -0.05) is 30.0 Å². The Hall–Kier alpha value is -1.48. The highest BCUT2D eigenvalue weighted by Crippen LogP contribution is 2.61. The minimum absolute atomic E-state index is 0.0768. The van der Waals surface area contributed by atoms with E-state index in [1.165, 1.54) is 61.6 Å². The maximum absolute atomic E-state index is 12.3. The molecular formula is C21H30N6OS2. The predicted molar refractivity (Wildman–Crippen MR) is 119 cm³/mol. The molecule has 0 atom stereocenters. The number of nitrogens with one attached hydrogen (secondary N) is 1. The normalized spacial score (nSPS) is 29.5. The smallest absolute Gasteiger partial charge is 0.236 e. The van der Waals surface area contributed by atoms with Crippen LogP contribution in [0.25, 0.3) is 0 Å². The fourth-order valence-corrected chi connectivity index (χ4v) is 7.97. The first kappa shape index (κ1) is 20.4. The van der Waals surface area contributed by atoms with E-state index in [0.717, 1.165) is 53.1 Å². The van der Waals surface area contributed by atoms with E-state index in [-0.39, 0.29) is 5.91 Å². The first-order chi connectivity index (χ1) is 14.6. The Bertz CT molecular complexity index is 887. The zero-order valence-electron chi connectivity index (χ0n) is 17.8. The van der Waals surface area contributed by atoms with Crippen LogP contribution in [0.3, 0.4) is 0 Å². The molecule has 4 fully saturated rings. The van der Waals surface area contributed by atoms with Crippen LogP contribution in [0.4, 0.5) is 5.13 Å². The number of hydrogen-bond acceptors (Lipinski definition) is 7. The van der Waals surface area contributed by atoms with Gasteiger partial charge in [0.25, 0.3) is 0 Å². The zero-order chi connectivity index (χ0) is 20.7. The van der Waals surface area contributed by atoms with Crippen LogP contribution in [0.15, 0.2) is 5.16 Å². The van der Waals surface area contributed by atoms with Crippen LogP contribution in [0.5, 0.6) is 0 Å². The largest absolute Gasteiger partial charge is 0.306 e. The Morgan fingerprint density at radius 3 is 2.40 bits per heavy atom. The average molecular weight is 447 g/mol. The molecule has 4 saturated carbocycles. The highest BCUT2D eigenvalue weighted by molar-refractivity contribution is 7.99. The number of aryl methyl sites for hydroxylation is 1. The second-order valence-electron chi connectivity index (χ2n) is 9.43. The van der Waals surface area contributed by atoms with Crippen LogP contribution in [-0.4, -0.2) is 36.6 Å². The number of carbonyl (C=O) groups excluding carboxylic acids is 1. The quantitative estimate of drug-likeness (QED) is 0.612. The summed E-state index contributed by atoms with van der Waals surface area (Å²) in [5, 5.41) is 22.3. The number of thioether (sulfide) groups is 1. The van der Waals surface area contributed by atoms with Crippen molar-refractivity contribution in [3.8, 4) is 0 Å². The number of aromatic nitrogens is 5. The topological polar surface area (TPSA) is 85.6 Å². The van der Waals surface area contributed by atoms with Gasteiger partial charge in [0.1, 0.15) is 10.8 Å². The van der Waals surface area contributed by atoms with E-state index < -0.39 is 0 Å². The third-order valence-electron chi connectivity index (χ3n) is 7.16. The van der Waals surface area contributed by atoms with E-state index in [0.29, 0.717) is 16.3 Å². The molecule has 1 amide bonds. The number of anilines is 1. The Labute approximate surface area is 185 Å². The minimum atomic E-state index is -0.0768. The number of amides is 1. The molecule has 2 aromatic rings. The van der Waals surface area contributed by atoms with Gasteiger partial charge in [-0.05, 0) is 75.0 Å². The molecule has 0 spiro atoms. The molecule has 0 unspecified atom stereocenters. The number of rotatable bonds is 8. The summed E-state index contributed by atoms with van der Waals surface area (Å²) in [6, 6.07) is 0. The van der Waals surface area contributed by atoms with Crippen molar-refractivity contribution in [2.75, 3.05) is 11.1 Å². The van der Waals surface area contributed by atoms with Crippen LogP contribution in [0.1, 0.15) is 63.2 Å². The molecule has 30 heavy (non-hydrogen) atoms. The van der Waals surface area contributed by atoms with E-state index in [4.69, 9.17) is 0 Å². The predicted octanol–water partition coefficient (Wildman–Crippen LogP) is 4.20. The Kier molecular flexibility index (Phi) is 5.60. The number of hydrogen-bond donors (Lipinski definition) is 1. The van der Waals surface area contributed by atoms with Gasteiger partial charge in [0.2, 0.25) is 11.0 Å². The van der Waals surface area contributed by atoms with Gasteiger partial charge in [0, 0.05) is 13.0 Å². The fraction of sp³-hybridized carbons (Fsp3) is 0.762. The van der Waals surface area contributed by atoms with Crippen molar-refractivity contribution in [1.29, 1.82) is 0 Å². The van der Waals surface area contributed by atoms with Crippen LogP contribution in [-0.2, 0) is 24.2 Å². The van der Waals surface area contributed by atoms with Crippen LogP contribution < -0.4 is 5.32 Å². The van der Waals surface area contributed by atoms with Crippen LogP contribution in [0, 0.1) is 23.2 Å². The van der Waals surface area contributed by atoms with Crippen molar-refractivity contribution < 1.29 is 4.79 Å². The standard InChI is InChI=1S/C21H30N6OS2/c1-3-18-24-25-19(30-18)22-17(28)12-29-20-26-23-16(27(20)4-2)11-21-8-13-5-14(9-21)7-15(6-13)10-21/h13-15H,3-12H2,1-2H3,(H,22,25,28). The molecule has 2 aromatic heterocycles. The van der Waals surface area contributed by atoms with Gasteiger partial charge in [-0.2, -0.15) is 0 Å². The van der Waals surface area contributed by atoms with Gasteiger partial charge >= 0.3 is 0 Å². The van der Waals surface area contributed by atoms with Gasteiger partial charge < -0.3 is 4.57 Å². The monoisotopic (exact) mass is 446 g/mol. The number of nitrogens with zero attached hydrogens (tertiary/aromatic N) is 5. The summed E-state index contributed by atoms with van der Waals surface area (Å²) >= 11 is 2.89. The van der Waals surface area contributed by atoms with Gasteiger partial charge in [0.05, 0.1) is 5.75 Å². The SMILES string of the molecule is CCc1nnc(NC(=O)CSc2nnc(CC34CC5CC(CC(C5)C3)C4)n2CC)s1. The van der Waals surface area contributed by atoms with Gasteiger partial charge in [0.15, 0.2) is 5.16 Å². The van der Waals surface area contributed by atoms with Crippen molar-refractivity contribution in [2.45, 2.75) is 76.9 Å². The molecule has 4 aliphatic rings. The lowest BCUT2D eigenvalue weighted by molar-refractivity contribution is -0.113. The molecule has 4 bridgehead atoms. The number of carbonyl (C=O) groups is 1. The van der Waals surface area contributed by atoms with Crippen molar-refractivity contribution in [2.24, 2.45) is 23.2 Å². The zero-order valence-corrected chi connectivity index (χ0v) is 19.4. The summed E-state index contributed by atoms with van der Waals surface area (Å²) in [5.41, 5.74) is 0.447. The Morgan fingerprint density at radius 1 is 1.10 bits per heavy atom. The van der Waals surface area contributed by atoms with Gasteiger partial charge in [-0.15, -0.1) is 20.4 Å². The maximum Gasteiger partial charge on any atom is 0.236 e. The average Bonchev–Trinajstić information content (AvgIpc) is 3.31. The minimum Gasteiger partial charge on any atom is -0.306 e. The van der Waals surface area contributed by atoms with Crippen LogP contribution in [0.2, 0.25) is 0 Å². The molecule has 7 nitrogen and oxygen atoms in total. The first-order valence-corrected chi connectivity index (χ1v) is 13.0. The van der Waals surface area contributed by atoms with E-state index in [9.17, 15) is 4.79 Å². The lowest BCUT2D eigenvalue weighted by Gasteiger charge is -2.56. The van der Waals surface area contributed by atoms with Crippen LogP contribution >= 0.6 is 23.1 Å². The summed E-state index contributed by atoms with van der Waals surface area (Å²) in [7, 11) is 0. The molecule has 0 aromatic carbocycles. The maximum atomic E-state index is 12.3. The van der Waals surface area contributed by atoms with E-state index in [1.54, 1.807) is 0 Å². The van der Waals surface area contributed by atoms with Gasteiger partial charge in [-0.25, -0.2) is 0 Å². The molecule has 6 rings (SSSR count). The Morgan fingerprint density at radius 2 is 1.80 bits per heavy atom. The van der Waals surface area contributed by atoms with E-state index in [1.807, 2.05) is 6.92 Å². The fourth-order valence-electron chi connectivity index (χ4n) is 6.45. The highest BCUT2D eigenvalue weighted by Gasteiger charge is 2.51.